The molecule has 2 amide bonds. The summed E-state index contributed by atoms with van der Waals surface area (Å²) in [5, 5.41) is 2.86. The van der Waals surface area contributed by atoms with Crippen LogP contribution in [-0.4, -0.2) is 43.1 Å². The molecular weight excluding hydrogens is 396 g/mol. The van der Waals surface area contributed by atoms with Crippen LogP contribution in [-0.2, 0) is 16.0 Å². The van der Waals surface area contributed by atoms with Gasteiger partial charge in [0, 0.05) is 25.1 Å². The Labute approximate surface area is 181 Å². The van der Waals surface area contributed by atoms with E-state index in [1.807, 2.05) is 35.2 Å². The van der Waals surface area contributed by atoms with Crippen LogP contribution < -0.4 is 19.5 Å². The number of aryl methyl sites for hydroxylation is 1. The highest BCUT2D eigenvalue weighted by molar-refractivity contribution is 5.94. The Bertz CT molecular complexity index is 1010. The Hall–Kier alpha value is -3.22. The Morgan fingerprint density at radius 1 is 1.06 bits per heavy atom. The van der Waals surface area contributed by atoms with Crippen molar-refractivity contribution in [1.29, 1.82) is 0 Å². The van der Waals surface area contributed by atoms with E-state index in [4.69, 9.17) is 14.2 Å². The molecule has 1 N–H and O–H groups in total. The van der Waals surface area contributed by atoms with Crippen molar-refractivity contribution in [1.82, 2.24) is 4.90 Å². The molecule has 0 saturated carbocycles. The molecule has 7 heteroatoms. The van der Waals surface area contributed by atoms with Crippen LogP contribution in [0.2, 0.25) is 0 Å². The van der Waals surface area contributed by atoms with Gasteiger partial charge in [0.25, 0.3) is 5.91 Å². The maximum atomic E-state index is 13.0. The highest BCUT2D eigenvalue weighted by Gasteiger charge is 2.31. The average Bonchev–Trinajstić information content (AvgIpc) is 3.16. The van der Waals surface area contributed by atoms with Gasteiger partial charge in [-0.25, -0.2) is 0 Å². The highest BCUT2D eigenvalue weighted by atomic mass is 16.5. The molecule has 2 aromatic carbocycles. The first-order valence-electron chi connectivity index (χ1n) is 10.9. The summed E-state index contributed by atoms with van der Waals surface area (Å²) in [7, 11) is 0. The van der Waals surface area contributed by atoms with Crippen LogP contribution >= 0.6 is 0 Å². The van der Waals surface area contributed by atoms with E-state index in [0.29, 0.717) is 31.8 Å². The van der Waals surface area contributed by atoms with E-state index >= 15 is 0 Å². The van der Waals surface area contributed by atoms with Crippen molar-refractivity contribution in [2.45, 2.75) is 38.1 Å². The van der Waals surface area contributed by atoms with Gasteiger partial charge in [0.15, 0.2) is 18.1 Å². The number of hydrogen-bond acceptors (Lipinski definition) is 5. The molecular formula is C24H26N2O5. The molecule has 0 radical (unpaired) electrons. The highest BCUT2D eigenvalue weighted by Crippen LogP contribution is 2.38. The van der Waals surface area contributed by atoms with E-state index in [2.05, 4.69) is 5.32 Å². The lowest BCUT2D eigenvalue weighted by Gasteiger charge is -2.26. The Balaban J connectivity index is 1.25. The molecule has 7 nitrogen and oxygen atoms in total. The zero-order valence-electron chi connectivity index (χ0n) is 17.4. The summed E-state index contributed by atoms with van der Waals surface area (Å²) in [6.07, 6.45) is 3.91. The summed E-state index contributed by atoms with van der Waals surface area (Å²) in [5.74, 6) is 2.18. The number of ether oxygens (including phenoxy) is 3. The third-order valence-electron chi connectivity index (χ3n) is 6.06. The number of benzene rings is 2. The van der Waals surface area contributed by atoms with E-state index < -0.39 is 0 Å². The minimum Gasteiger partial charge on any atom is -0.490 e. The summed E-state index contributed by atoms with van der Waals surface area (Å²) in [6, 6.07) is 11.5. The molecule has 1 atom stereocenters. The van der Waals surface area contributed by atoms with E-state index in [1.165, 1.54) is 0 Å². The van der Waals surface area contributed by atoms with Crippen LogP contribution in [0.3, 0.4) is 0 Å². The molecule has 3 heterocycles. The molecule has 5 rings (SSSR count). The molecule has 1 saturated heterocycles. The van der Waals surface area contributed by atoms with E-state index in [9.17, 15) is 9.59 Å². The van der Waals surface area contributed by atoms with Gasteiger partial charge in [-0.1, -0.05) is 6.07 Å². The number of amides is 2. The third-order valence-corrected chi connectivity index (χ3v) is 6.06. The van der Waals surface area contributed by atoms with Gasteiger partial charge in [0.05, 0.1) is 19.3 Å². The molecule has 1 fully saturated rings. The maximum Gasteiger partial charge on any atom is 0.261 e. The number of anilines is 1. The second-order valence-corrected chi connectivity index (χ2v) is 8.16. The number of nitrogens with zero attached hydrogens (tertiary/aromatic N) is 1. The second-order valence-electron chi connectivity index (χ2n) is 8.16. The van der Waals surface area contributed by atoms with Gasteiger partial charge in [-0.2, -0.15) is 0 Å². The SMILES string of the molecule is O=C1CCc2cc(OCC(=O)N3CCC[C@H]3c3ccc4c(c3)OCCCO4)ccc2N1. The van der Waals surface area contributed by atoms with Crippen molar-refractivity contribution in [2.75, 3.05) is 31.7 Å². The summed E-state index contributed by atoms with van der Waals surface area (Å²) in [6.45, 7) is 2.01. The standard InChI is InChI=1S/C24H26N2O5/c27-23-9-5-16-13-18(6-7-19(16)25-23)31-15-24(28)26-10-1-3-20(26)17-4-8-21-22(14-17)30-12-2-11-29-21/h4,6-8,13-14,20H,1-3,5,9-12,15H2,(H,25,27)/t20-/m0/s1. The molecule has 0 bridgehead atoms. The summed E-state index contributed by atoms with van der Waals surface area (Å²) >= 11 is 0. The van der Waals surface area contributed by atoms with Crippen LogP contribution in [0.1, 0.15) is 42.9 Å². The first-order chi connectivity index (χ1) is 15.2. The Morgan fingerprint density at radius 3 is 2.84 bits per heavy atom. The van der Waals surface area contributed by atoms with Crippen molar-refractivity contribution in [2.24, 2.45) is 0 Å². The maximum absolute atomic E-state index is 13.0. The fourth-order valence-electron chi connectivity index (χ4n) is 4.48. The molecule has 0 aromatic heterocycles. The van der Waals surface area contributed by atoms with E-state index in [0.717, 1.165) is 54.1 Å². The number of hydrogen-bond donors (Lipinski definition) is 1. The number of carbonyl (C=O) groups is 2. The average molecular weight is 422 g/mol. The van der Waals surface area contributed by atoms with Gasteiger partial charge in [-0.15, -0.1) is 0 Å². The number of likely N-dealkylation sites (tertiary alicyclic amines) is 1. The normalized spacial score (nSPS) is 19.9. The largest absolute Gasteiger partial charge is 0.490 e. The lowest BCUT2D eigenvalue weighted by Crippen LogP contribution is -2.34. The number of carbonyl (C=O) groups excluding carboxylic acids is 2. The molecule has 0 spiro atoms. The number of fused-ring (bicyclic) bond motifs is 2. The first-order valence-corrected chi connectivity index (χ1v) is 10.9. The van der Waals surface area contributed by atoms with Gasteiger partial charge in [0.2, 0.25) is 5.91 Å². The molecule has 2 aromatic rings. The quantitative estimate of drug-likeness (QED) is 0.816. The van der Waals surface area contributed by atoms with Gasteiger partial charge < -0.3 is 24.4 Å². The number of rotatable bonds is 4. The summed E-state index contributed by atoms with van der Waals surface area (Å²) in [5.41, 5.74) is 2.93. The zero-order valence-corrected chi connectivity index (χ0v) is 17.4. The van der Waals surface area contributed by atoms with Crippen LogP contribution in [0.15, 0.2) is 36.4 Å². The molecule has 31 heavy (non-hydrogen) atoms. The Kier molecular flexibility index (Phi) is 5.40. The van der Waals surface area contributed by atoms with Crippen molar-refractivity contribution in [3.05, 3.63) is 47.5 Å². The van der Waals surface area contributed by atoms with E-state index in [1.54, 1.807) is 6.07 Å². The minimum atomic E-state index is -0.0272. The molecule has 162 valence electrons. The molecule has 3 aliphatic rings. The van der Waals surface area contributed by atoms with Crippen molar-refractivity contribution in [3.63, 3.8) is 0 Å². The predicted molar refractivity (Wildman–Crippen MR) is 115 cm³/mol. The number of nitrogens with one attached hydrogen (secondary N) is 1. The van der Waals surface area contributed by atoms with Crippen LogP contribution in [0.4, 0.5) is 5.69 Å². The van der Waals surface area contributed by atoms with Crippen LogP contribution in [0.25, 0.3) is 0 Å². The summed E-state index contributed by atoms with van der Waals surface area (Å²) < 4.78 is 17.4. The molecule has 0 aliphatic carbocycles. The van der Waals surface area contributed by atoms with Gasteiger partial charge in [-0.05, 0) is 60.7 Å². The van der Waals surface area contributed by atoms with Crippen LogP contribution in [0, 0.1) is 0 Å². The minimum absolute atomic E-state index is 0.00774. The van der Waals surface area contributed by atoms with Gasteiger partial charge in [-0.3, -0.25) is 9.59 Å². The predicted octanol–water partition coefficient (Wildman–Crippen LogP) is 3.48. The zero-order chi connectivity index (χ0) is 21.2. The molecule has 0 unspecified atom stereocenters. The molecule has 3 aliphatic heterocycles. The lowest BCUT2D eigenvalue weighted by atomic mass is 10.0. The van der Waals surface area contributed by atoms with E-state index in [-0.39, 0.29) is 24.5 Å². The first kappa shape index (κ1) is 19.7. The fourth-order valence-corrected chi connectivity index (χ4v) is 4.48. The second kappa shape index (κ2) is 8.49. The van der Waals surface area contributed by atoms with Crippen molar-refractivity contribution < 1.29 is 23.8 Å². The van der Waals surface area contributed by atoms with Crippen molar-refractivity contribution in [3.8, 4) is 17.2 Å². The van der Waals surface area contributed by atoms with Gasteiger partial charge in [0.1, 0.15) is 5.75 Å². The summed E-state index contributed by atoms with van der Waals surface area (Å²) in [4.78, 5) is 26.4. The van der Waals surface area contributed by atoms with Crippen molar-refractivity contribution >= 4 is 17.5 Å². The monoisotopic (exact) mass is 422 g/mol. The van der Waals surface area contributed by atoms with Crippen LogP contribution in [0.5, 0.6) is 17.2 Å². The Morgan fingerprint density at radius 2 is 1.94 bits per heavy atom. The third kappa shape index (κ3) is 4.17. The smallest absolute Gasteiger partial charge is 0.261 e. The fraction of sp³-hybridized carbons (Fsp3) is 0.417. The van der Waals surface area contributed by atoms with Gasteiger partial charge >= 0.3 is 0 Å². The topological polar surface area (TPSA) is 77.1 Å². The lowest BCUT2D eigenvalue weighted by molar-refractivity contribution is -0.134.